The highest BCUT2D eigenvalue weighted by Crippen LogP contribution is 2.39. The number of amides is 1. The molecule has 1 aliphatic rings. The number of nitrogens with one attached hydrogen (secondary N) is 1. The number of rotatable bonds is 9. The fourth-order valence-electron chi connectivity index (χ4n) is 4.25. The van der Waals surface area contributed by atoms with E-state index in [1.807, 2.05) is 31.2 Å². The maximum absolute atomic E-state index is 12.7. The Labute approximate surface area is 211 Å². The summed E-state index contributed by atoms with van der Waals surface area (Å²) in [6.07, 6.45) is 0. The first-order valence-corrected chi connectivity index (χ1v) is 11.9. The lowest BCUT2D eigenvalue weighted by atomic mass is 10.1. The standard InChI is InChI=1S/C26H33N5O5/c1-17-6-8-19(9-7-17)25-28-26(36-29-25)18(2)31-12-10-30(11-13-31)16-23(32)27-20-14-21(33-3)24(35-5)22(15-20)34-4/h6-9,14-15,18H,10-13,16H2,1-5H3,(H,27,32). The van der Waals surface area contributed by atoms with Crippen molar-refractivity contribution in [3.63, 3.8) is 0 Å². The summed E-state index contributed by atoms with van der Waals surface area (Å²) in [6.45, 7) is 7.50. The van der Waals surface area contributed by atoms with Crippen LogP contribution in [0, 0.1) is 6.92 Å². The molecule has 1 aliphatic heterocycles. The molecule has 2 heterocycles. The van der Waals surface area contributed by atoms with Gasteiger partial charge >= 0.3 is 0 Å². The van der Waals surface area contributed by atoms with Gasteiger partial charge in [-0.15, -0.1) is 0 Å². The summed E-state index contributed by atoms with van der Waals surface area (Å²) in [5.74, 6) is 2.54. The van der Waals surface area contributed by atoms with Crippen LogP contribution in [0.15, 0.2) is 40.9 Å². The van der Waals surface area contributed by atoms with Crippen molar-refractivity contribution >= 4 is 11.6 Å². The first-order valence-electron chi connectivity index (χ1n) is 11.9. The van der Waals surface area contributed by atoms with Crippen molar-refractivity contribution in [1.82, 2.24) is 19.9 Å². The van der Waals surface area contributed by atoms with Gasteiger partial charge in [-0.05, 0) is 13.8 Å². The number of piperazine rings is 1. The van der Waals surface area contributed by atoms with E-state index >= 15 is 0 Å². The Kier molecular flexibility index (Phi) is 8.07. The van der Waals surface area contributed by atoms with Crippen LogP contribution in [0.5, 0.6) is 17.2 Å². The molecule has 0 bridgehead atoms. The van der Waals surface area contributed by atoms with Gasteiger partial charge in [0.2, 0.25) is 23.4 Å². The van der Waals surface area contributed by atoms with Gasteiger partial charge in [-0.2, -0.15) is 4.98 Å². The van der Waals surface area contributed by atoms with Crippen LogP contribution in [0.2, 0.25) is 0 Å². The number of anilines is 1. The number of methoxy groups -OCH3 is 3. The van der Waals surface area contributed by atoms with E-state index in [1.165, 1.54) is 5.56 Å². The Hall–Kier alpha value is -3.63. The largest absolute Gasteiger partial charge is 0.493 e. The van der Waals surface area contributed by atoms with E-state index in [-0.39, 0.29) is 18.5 Å². The zero-order valence-electron chi connectivity index (χ0n) is 21.4. The normalized spacial score (nSPS) is 15.4. The van der Waals surface area contributed by atoms with Crippen LogP contribution in [0.3, 0.4) is 0 Å². The molecular weight excluding hydrogens is 462 g/mol. The highest BCUT2D eigenvalue weighted by atomic mass is 16.5. The molecule has 10 heteroatoms. The van der Waals surface area contributed by atoms with Gasteiger partial charge in [-0.25, -0.2) is 0 Å². The molecule has 1 amide bonds. The molecule has 3 aromatic rings. The summed E-state index contributed by atoms with van der Waals surface area (Å²) in [5.41, 5.74) is 2.71. The Morgan fingerprint density at radius 1 is 1.03 bits per heavy atom. The zero-order valence-corrected chi connectivity index (χ0v) is 21.4. The fourth-order valence-corrected chi connectivity index (χ4v) is 4.25. The van der Waals surface area contributed by atoms with Gasteiger partial charge < -0.3 is 24.1 Å². The second-order valence-electron chi connectivity index (χ2n) is 8.77. The predicted octanol–water partition coefficient (Wildman–Crippen LogP) is 3.39. The molecule has 4 rings (SSSR count). The molecule has 10 nitrogen and oxygen atoms in total. The number of aryl methyl sites for hydroxylation is 1. The van der Waals surface area contributed by atoms with Gasteiger partial charge in [0.1, 0.15) is 0 Å². The fraction of sp³-hybridized carbons (Fsp3) is 0.423. The Morgan fingerprint density at radius 3 is 2.25 bits per heavy atom. The summed E-state index contributed by atoms with van der Waals surface area (Å²) in [7, 11) is 4.63. The van der Waals surface area contributed by atoms with Crippen LogP contribution in [-0.2, 0) is 4.79 Å². The first-order chi connectivity index (χ1) is 17.4. The van der Waals surface area contributed by atoms with E-state index in [4.69, 9.17) is 18.7 Å². The highest BCUT2D eigenvalue weighted by molar-refractivity contribution is 5.93. The Balaban J connectivity index is 1.30. The van der Waals surface area contributed by atoms with E-state index < -0.39 is 0 Å². The van der Waals surface area contributed by atoms with E-state index in [9.17, 15) is 4.79 Å². The number of ether oxygens (including phenoxy) is 3. The first kappa shape index (κ1) is 25.5. The predicted molar refractivity (Wildman–Crippen MR) is 136 cm³/mol. The summed E-state index contributed by atoms with van der Waals surface area (Å²) in [6, 6.07) is 11.5. The molecule has 1 N–H and O–H groups in total. The van der Waals surface area contributed by atoms with Crippen LogP contribution in [0.1, 0.15) is 24.4 Å². The summed E-state index contributed by atoms with van der Waals surface area (Å²) in [5, 5.41) is 7.09. The number of carbonyl (C=O) groups is 1. The van der Waals surface area contributed by atoms with Crippen LogP contribution in [0.25, 0.3) is 11.4 Å². The van der Waals surface area contributed by atoms with Gasteiger partial charge in [0, 0.05) is 49.6 Å². The third-order valence-electron chi connectivity index (χ3n) is 6.38. The lowest BCUT2D eigenvalue weighted by Gasteiger charge is -2.36. The highest BCUT2D eigenvalue weighted by Gasteiger charge is 2.27. The Bertz CT molecular complexity index is 1150. The average molecular weight is 496 g/mol. The average Bonchev–Trinajstić information content (AvgIpc) is 3.38. The van der Waals surface area contributed by atoms with Crippen molar-refractivity contribution in [2.24, 2.45) is 0 Å². The van der Waals surface area contributed by atoms with Crippen molar-refractivity contribution in [1.29, 1.82) is 0 Å². The molecule has 1 unspecified atom stereocenters. The molecule has 2 aromatic carbocycles. The second kappa shape index (κ2) is 11.4. The molecule has 0 spiro atoms. The lowest BCUT2D eigenvalue weighted by molar-refractivity contribution is -0.117. The second-order valence-corrected chi connectivity index (χ2v) is 8.77. The maximum atomic E-state index is 12.7. The van der Waals surface area contributed by atoms with Crippen molar-refractivity contribution in [3.8, 4) is 28.6 Å². The molecule has 1 atom stereocenters. The van der Waals surface area contributed by atoms with Gasteiger partial charge in [0.05, 0.1) is 33.9 Å². The molecule has 1 fully saturated rings. The van der Waals surface area contributed by atoms with Crippen LogP contribution in [-0.4, -0.2) is 79.9 Å². The SMILES string of the molecule is COc1cc(NC(=O)CN2CCN(C(C)c3nc(-c4ccc(C)cc4)no3)CC2)cc(OC)c1OC. The van der Waals surface area contributed by atoms with Gasteiger partial charge in [-0.1, -0.05) is 35.0 Å². The minimum Gasteiger partial charge on any atom is -0.493 e. The van der Waals surface area contributed by atoms with Crippen LogP contribution >= 0.6 is 0 Å². The van der Waals surface area contributed by atoms with Gasteiger partial charge in [0.15, 0.2) is 11.5 Å². The van der Waals surface area contributed by atoms with E-state index in [0.717, 1.165) is 31.7 Å². The number of nitrogens with zero attached hydrogens (tertiary/aromatic N) is 4. The summed E-state index contributed by atoms with van der Waals surface area (Å²) < 4.78 is 21.6. The van der Waals surface area contributed by atoms with Crippen LogP contribution < -0.4 is 19.5 Å². The minimum absolute atomic E-state index is 0.00750. The van der Waals surface area contributed by atoms with Crippen molar-refractivity contribution in [2.45, 2.75) is 19.9 Å². The molecule has 0 saturated carbocycles. The lowest BCUT2D eigenvalue weighted by Crippen LogP contribution is -2.49. The van der Waals surface area contributed by atoms with E-state index in [1.54, 1.807) is 33.5 Å². The molecule has 0 radical (unpaired) electrons. The molecule has 36 heavy (non-hydrogen) atoms. The Morgan fingerprint density at radius 2 is 1.67 bits per heavy atom. The number of benzene rings is 2. The smallest absolute Gasteiger partial charge is 0.244 e. The van der Waals surface area contributed by atoms with Crippen molar-refractivity contribution < 1.29 is 23.5 Å². The number of carbonyl (C=O) groups excluding carboxylic acids is 1. The third kappa shape index (κ3) is 5.77. The summed E-state index contributed by atoms with van der Waals surface area (Å²) in [4.78, 5) is 21.7. The zero-order chi connectivity index (χ0) is 25.7. The maximum Gasteiger partial charge on any atom is 0.244 e. The van der Waals surface area contributed by atoms with E-state index in [2.05, 4.69) is 32.2 Å². The molecule has 192 valence electrons. The molecule has 1 saturated heterocycles. The van der Waals surface area contributed by atoms with Crippen molar-refractivity contribution in [2.75, 3.05) is 59.4 Å². The van der Waals surface area contributed by atoms with Gasteiger partial charge in [-0.3, -0.25) is 14.6 Å². The molecule has 0 aliphatic carbocycles. The molecular formula is C26H33N5O5. The number of aromatic nitrogens is 2. The quantitative estimate of drug-likeness (QED) is 0.478. The summed E-state index contributed by atoms with van der Waals surface area (Å²) >= 11 is 0. The topological polar surface area (TPSA) is 102 Å². The third-order valence-corrected chi connectivity index (χ3v) is 6.38. The van der Waals surface area contributed by atoms with Gasteiger partial charge in [0.25, 0.3) is 0 Å². The molecule has 1 aromatic heterocycles. The number of hydrogen-bond donors (Lipinski definition) is 1. The van der Waals surface area contributed by atoms with Crippen molar-refractivity contribution in [3.05, 3.63) is 47.9 Å². The minimum atomic E-state index is -0.106. The monoisotopic (exact) mass is 495 g/mol. The van der Waals surface area contributed by atoms with E-state index in [0.29, 0.717) is 34.7 Å². The number of hydrogen-bond acceptors (Lipinski definition) is 9. The van der Waals surface area contributed by atoms with Crippen LogP contribution in [0.4, 0.5) is 5.69 Å².